The molecule has 0 saturated carbocycles. The summed E-state index contributed by atoms with van der Waals surface area (Å²) in [5, 5.41) is 0. The van der Waals surface area contributed by atoms with E-state index >= 15 is 0 Å². The summed E-state index contributed by atoms with van der Waals surface area (Å²) < 4.78 is 37.4. The molecule has 2 rings (SSSR count). The van der Waals surface area contributed by atoms with Crippen LogP contribution < -0.4 is 15.2 Å². The van der Waals surface area contributed by atoms with Crippen LogP contribution in [0.4, 0.5) is 8.78 Å². The van der Waals surface area contributed by atoms with Crippen molar-refractivity contribution in [1.29, 1.82) is 0 Å². The molecule has 5 heteroatoms. The van der Waals surface area contributed by atoms with Crippen LogP contribution in [0, 0.1) is 11.6 Å². The van der Waals surface area contributed by atoms with Gasteiger partial charge in [-0.25, -0.2) is 8.78 Å². The third kappa shape index (κ3) is 2.88. The lowest BCUT2D eigenvalue weighted by atomic mass is 10.1. The molecule has 2 N–H and O–H groups in total. The van der Waals surface area contributed by atoms with Gasteiger partial charge in [0.2, 0.25) is 0 Å². The van der Waals surface area contributed by atoms with Gasteiger partial charge in [0.25, 0.3) is 0 Å². The quantitative estimate of drug-likeness (QED) is 0.926. The standard InChI is InChI=1S/C15H15F2NO2/c1-9(18)15-12(19-2)4-3-5-13(15)20-14-8-10(16)6-7-11(14)17/h3-9H,18H2,1-2H3/t9-/m0/s1. The molecule has 2 aromatic rings. The maximum Gasteiger partial charge on any atom is 0.165 e. The topological polar surface area (TPSA) is 44.5 Å². The molecule has 0 fully saturated rings. The third-order valence-electron chi connectivity index (χ3n) is 2.81. The Bertz CT molecular complexity index is 615. The smallest absolute Gasteiger partial charge is 0.165 e. The molecule has 0 aliphatic rings. The number of rotatable bonds is 4. The second kappa shape index (κ2) is 5.88. The number of methoxy groups -OCH3 is 1. The zero-order valence-corrected chi connectivity index (χ0v) is 11.2. The van der Waals surface area contributed by atoms with Gasteiger partial charge in [-0.3, -0.25) is 0 Å². The van der Waals surface area contributed by atoms with Gasteiger partial charge in [0.1, 0.15) is 17.3 Å². The molecule has 0 spiro atoms. The number of hydrogen-bond donors (Lipinski definition) is 1. The largest absolute Gasteiger partial charge is 0.496 e. The van der Waals surface area contributed by atoms with Crippen molar-refractivity contribution in [2.24, 2.45) is 5.73 Å². The van der Waals surface area contributed by atoms with Crippen molar-refractivity contribution in [3.63, 3.8) is 0 Å². The highest BCUT2D eigenvalue weighted by Gasteiger charge is 2.16. The summed E-state index contributed by atoms with van der Waals surface area (Å²) in [7, 11) is 1.51. The summed E-state index contributed by atoms with van der Waals surface area (Å²) in [5.41, 5.74) is 6.48. The van der Waals surface area contributed by atoms with Gasteiger partial charge in [-0.1, -0.05) is 6.07 Å². The predicted molar refractivity (Wildman–Crippen MR) is 72.0 cm³/mol. The van der Waals surface area contributed by atoms with Gasteiger partial charge in [0.05, 0.1) is 12.7 Å². The Morgan fingerprint density at radius 1 is 1.05 bits per heavy atom. The highest BCUT2D eigenvalue weighted by molar-refractivity contribution is 5.48. The van der Waals surface area contributed by atoms with E-state index in [9.17, 15) is 8.78 Å². The van der Waals surface area contributed by atoms with Crippen molar-refractivity contribution in [3.8, 4) is 17.2 Å². The van der Waals surface area contributed by atoms with Gasteiger partial charge in [-0.05, 0) is 31.2 Å². The summed E-state index contributed by atoms with van der Waals surface area (Å²) in [4.78, 5) is 0. The van der Waals surface area contributed by atoms with Crippen LogP contribution in [0.5, 0.6) is 17.2 Å². The van der Waals surface area contributed by atoms with E-state index in [-0.39, 0.29) is 11.8 Å². The normalized spacial score (nSPS) is 12.1. The Morgan fingerprint density at radius 2 is 1.75 bits per heavy atom. The fourth-order valence-electron chi connectivity index (χ4n) is 1.91. The van der Waals surface area contributed by atoms with E-state index in [0.29, 0.717) is 17.1 Å². The minimum atomic E-state index is -0.648. The average Bonchev–Trinajstić information content (AvgIpc) is 2.42. The second-order valence-electron chi connectivity index (χ2n) is 4.34. The van der Waals surface area contributed by atoms with Crippen LogP contribution in [0.15, 0.2) is 36.4 Å². The van der Waals surface area contributed by atoms with Crippen LogP contribution in [-0.4, -0.2) is 7.11 Å². The SMILES string of the molecule is COc1cccc(Oc2cc(F)ccc2F)c1[C@H](C)N. The summed E-state index contributed by atoms with van der Waals surface area (Å²) in [5.74, 6) is -0.546. The fourth-order valence-corrected chi connectivity index (χ4v) is 1.91. The van der Waals surface area contributed by atoms with E-state index in [2.05, 4.69) is 0 Å². The van der Waals surface area contributed by atoms with Gasteiger partial charge in [0.15, 0.2) is 11.6 Å². The number of benzene rings is 2. The number of hydrogen-bond acceptors (Lipinski definition) is 3. The predicted octanol–water partition coefficient (Wildman–Crippen LogP) is 3.79. The van der Waals surface area contributed by atoms with E-state index in [0.717, 1.165) is 18.2 Å². The van der Waals surface area contributed by atoms with Crippen molar-refractivity contribution in [2.45, 2.75) is 13.0 Å². The summed E-state index contributed by atoms with van der Waals surface area (Å²) in [6.45, 7) is 1.76. The maximum atomic E-state index is 13.6. The molecule has 1 atom stereocenters. The van der Waals surface area contributed by atoms with E-state index in [1.807, 2.05) is 0 Å². The highest BCUT2D eigenvalue weighted by Crippen LogP contribution is 2.36. The van der Waals surface area contributed by atoms with Gasteiger partial charge < -0.3 is 15.2 Å². The first-order valence-electron chi connectivity index (χ1n) is 6.08. The Balaban J connectivity index is 2.45. The van der Waals surface area contributed by atoms with Gasteiger partial charge in [-0.15, -0.1) is 0 Å². The van der Waals surface area contributed by atoms with Gasteiger partial charge >= 0.3 is 0 Å². The molecular weight excluding hydrogens is 264 g/mol. The molecule has 0 aromatic heterocycles. The lowest BCUT2D eigenvalue weighted by molar-refractivity contribution is 0.392. The summed E-state index contributed by atoms with van der Waals surface area (Å²) in [6, 6.07) is 7.70. The molecule has 0 bridgehead atoms. The summed E-state index contributed by atoms with van der Waals surface area (Å²) in [6.07, 6.45) is 0. The lowest BCUT2D eigenvalue weighted by Crippen LogP contribution is -2.09. The zero-order valence-electron chi connectivity index (χ0n) is 11.2. The molecule has 0 aliphatic heterocycles. The van der Waals surface area contributed by atoms with Crippen molar-refractivity contribution in [1.82, 2.24) is 0 Å². The maximum absolute atomic E-state index is 13.6. The molecule has 0 unspecified atom stereocenters. The molecule has 0 aliphatic carbocycles. The van der Waals surface area contributed by atoms with Crippen LogP contribution in [-0.2, 0) is 0 Å². The first-order chi connectivity index (χ1) is 9.52. The van der Waals surface area contributed by atoms with E-state index in [1.54, 1.807) is 25.1 Å². The Kier molecular flexibility index (Phi) is 4.20. The molecule has 3 nitrogen and oxygen atoms in total. The molecule has 20 heavy (non-hydrogen) atoms. The molecule has 106 valence electrons. The minimum Gasteiger partial charge on any atom is -0.496 e. The van der Waals surface area contributed by atoms with Crippen LogP contribution >= 0.6 is 0 Å². The van der Waals surface area contributed by atoms with Crippen LogP contribution in [0.25, 0.3) is 0 Å². The number of ether oxygens (including phenoxy) is 2. The Labute approximate surface area is 115 Å². The second-order valence-corrected chi connectivity index (χ2v) is 4.34. The Morgan fingerprint density at radius 3 is 2.40 bits per heavy atom. The summed E-state index contributed by atoms with van der Waals surface area (Å²) >= 11 is 0. The zero-order chi connectivity index (χ0) is 14.7. The first-order valence-corrected chi connectivity index (χ1v) is 6.08. The first kappa shape index (κ1) is 14.3. The molecule has 0 amide bonds. The van der Waals surface area contributed by atoms with Crippen LogP contribution in [0.2, 0.25) is 0 Å². The molecule has 2 aromatic carbocycles. The van der Waals surface area contributed by atoms with E-state index < -0.39 is 11.6 Å². The monoisotopic (exact) mass is 279 g/mol. The lowest BCUT2D eigenvalue weighted by Gasteiger charge is -2.17. The average molecular weight is 279 g/mol. The highest BCUT2D eigenvalue weighted by atomic mass is 19.1. The van der Waals surface area contributed by atoms with Crippen molar-refractivity contribution in [3.05, 3.63) is 53.6 Å². The van der Waals surface area contributed by atoms with Crippen LogP contribution in [0.1, 0.15) is 18.5 Å². The Hall–Kier alpha value is -2.14. The van der Waals surface area contributed by atoms with Crippen molar-refractivity contribution >= 4 is 0 Å². The van der Waals surface area contributed by atoms with Gasteiger partial charge in [0, 0.05) is 12.1 Å². The van der Waals surface area contributed by atoms with Crippen LogP contribution in [0.3, 0.4) is 0 Å². The molecule has 0 heterocycles. The molecule has 0 radical (unpaired) electrons. The molecular formula is C15H15F2NO2. The fraction of sp³-hybridized carbons (Fsp3) is 0.200. The van der Waals surface area contributed by atoms with Gasteiger partial charge in [-0.2, -0.15) is 0 Å². The third-order valence-corrected chi connectivity index (χ3v) is 2.81. The molecule has 0 saturated heterocycles. The van der Waals surface area contributed by atoms with Crippen molar-refractivity contribution in [2.75, 3.05) is 7.11 Å². The van der Waals surface area contributed by atoms with E-state index in [1.165, 1.54) is 7.11 Å². The number of halogens is 2. The van der Waals surface area contributed by atoms with E-state index in [4.69, 9.17) is 15.2 Å². The number of nitrogens with two attached hydrogens (primary N) is 1. The minimum absolute atomic E-state index is 0.194. The van der Waals surface area contributed by atoms with Crippen molar-refractivity contribution < 1.29 is 18.3 Å².